The molecule has 0 saturated carbocycles. The summed E-state index contributed by atoms with van der Waals surface area (Å²) >= 11 is 0. The SMILES string of the molecule is CCCCC(CCC)[C@H]1C=CC=C(c2ncc(OCCCCCCCC(C)CC)cn2)C1=O. The van der Waals surface area contributed by atoms with E-state index in [2.05, 4.69) is 43.7 Å². The van der Waals surface area contributed by atoms with Gasteiger partial charge in [-0.15, -0.1) is 0 Å². The molecule has 1 aliphatic rings. The minimum atomic E-state index is -0.0544. The van der Waals surface area contributed by atoms with E-state index in [1.807, 2.05) is 12.2 Å². The molecule has 1 aromatic rings. The lowest BCUT2D eigenvalue weighted by atomic mass is 9.78. The third-order valence-electron chi connectivity index (χ3n) is 6.92. The van der Waals surface area contributed by atoms with Gasteiger partial charge in [-0.2, -0.15) is 0 Å². The Morgan fingerprint density at radius 1 is 0.909 bits per heavy atom. The van der Waals surface area contributed by atoms with Crippen LogP contribution in [-0.4, -0.2) is 22.4 Å². The Morgan fingerprint density at radius 3 is 2.33 bits per heavy atom. The van der Waals surface area contributed by atoms with Gasteiger partial charge in [0.15, 0.2) is 17.4 Å². The third kappa shape index (κ3) is 9.43. The minimum absolute atomic E-state index is 0.0544. The molecule has 0 fully saturated rings. The average molecular weight is 455 g/mol. The maximum absolute atomic E-state index is 13.2. The number of carbonyl (C=O) groups is 1. The molecule has 0 N–H and O–H groups in total. The molecule has 2 rings (SSSR count). The van der Waals surface area contributed by atoms with Crippen LogP contribution in [-0.2, 0) is 4.79 Å². The summed E-state index contributed by atoms with van der Waals surface area (Å²) < 4.78 is 5.83. The second-order valence-electron chi connectivity index (χ2n) is 9.71. The van der Waals surface area contributed by atoms with Gasteiger partial charge < -0.3 is 4.74 Å². The van der Waals surface area contributed by atoms with Crippen LogP contribution in [0.5, 0.6) is 5.75 Å². The zero-order valence-corrected chi connectivity index (χ0v) is 21.5. The molecule has 0 aliphatic heterocycles. The van der Waals surface area contributed by atoms with Gasteiger partial charge in [-0.05, 0) is 37.2 Å². The molecule has 0 aromatic carbocycles. The Hall–Kier alpha value is -1.97. The summed E-state index contributed by atoms with van der Waals surface area (Å²) in [4.78, 5) is 22.2. The van der Waals surface area contributed by atoms with Crippen molar-refractivity contribution in [2.45, 2.75) is 105 Å². The van der Waals surface area contributed by atoms with E-state index in [0.29, 0.717) is 29.7 Å². The number of carbonyl (C=O) groups excluding carboxylic acids is 1. The normalized spacial score (nSPS) is 17.6. The van der Waals surface area contributed by atoms with Crippen molar-refractivity contribution in [3.8, 4) is 5.75 Å². The van der Waals surface area contributed by atoms with E-state index in [0.717, 1.165) is 38.0 Å². The quantitative estimate of drug-likeness (QED) is 0.224. The van der Waals surface area contributed by atoms with E-state index in [4.69, 9.17) is 4.74 Å². The number of rotatable bonds is 17. The molecule has 0 amide bonds. The van der Waals surface area contributed by atoms with Crippen LogP contribution in [0.3, 0.4) is 0 Å². The van der Waals surface area contributed by atoms with E-state index in [-0.39, 0.29) is 11.7 Å². The summed E-state index contributed by atoms with van der Waals surface area (Å²) in [7, 11) is 0. The molecule has 184 valence electrons. The number of ketones is 1. The van der Waals surface area contributed by atoms with Crippen molar-refractivity contribution < 1.29 is 9.53 Å². The van der Waals surface area contributed by atoms with Crippen LogP contribution >= 0.6 is 0 Å². The molecule has 4 nitrogen and oxygen atoms in total. The van der Waals surface area contributed by atoms with E-state index < -0.39 is 0 Å². The first-order chi connectivity index (χ1) is 16.1. The van der Waals surface area contributed by atoms with Crippen molar-refractivity contribution >= 4 is 11.4 Å². The number of nitrogens with zero attached hydrogens (tertiary/aromatic N) is 2. The molecule has 33 heavy (non-hydrogen) atoms. The highest BCUT2D eigenvalue weighted by Gasteiger charge is 2.30. The van der Waals surface area contributed by atoms with Gasteiger partial charge in [0.2, 0.25) is 0 Å². The fraction of sp³-hybridized carbons (Fsp3) is 0.690. The van der Waals surface area contributed by atoms with Gasteiger partial charge in [0, 0.05) is 5.92 Å². The van der Waals surface area contributed by atoms with Crippen LogP contribution in [0.1, 0.15) is 111 Å². The molecule has 1 aliphatic carbocycles. The molecule has 3 atom stereocenters. The van der Waals surface area contributed by atoms with Crippen molar-refractivity contribution in [2.75, 3.05) is 6.61 Å². The fourth-order valence-electron chi connectivity index (χ4n) is 4.57. The molecule has 0 spiro atoms. The summed E-state index contributed by atoms with van der Waals surface area (Å²) in [6.07, 6.45) is 23.8. The molecule has 1 heterocycles. The van der Waals surface area contributed by atoms with Gasteiger partial charge in [0.05, 0.1) is 24.6 Å². The van der Waals surface area contributed by atoms with E-state index in [1.165, 1.54) is 44.9 Å². The number of hydrogen-bond acceptors (Lipinski definition) is 4. The highest BCUT2D eigenvalue weighted by Crippen LogP contribution is 2.32. The largest absolute Gasteiger partial charge is 0.490 e. The molecule has 2 unspecified atom stereocenters. The first-order valence-corrected chi connectivity index (χ1v) is 13.5. The van der Waals surface area contributed by atoms with Gasteiger partial charge in [0.25, 0.3) is 0 Å². The van der Waals surface area contributed by atoms with Crippen LogP contribution in [0.4, 0.5) is 0 Å². The minimum Gasteiger partial charge on any atom is -0.490 e. The van der Waals surface area contributed by atoms with E-state index in [1.54, 1.807) is 12.4 Å². The molecular formula is C29H46N2O2. The standard InChI is InChI=1S/C29H46N2O2/c1-5-8-17-24(15-6-2)26-18-14-19-27(28(26)32)29-30-21-25(22-31-29)33-20-13-11-9-10-12-16-23(4)7-3/h14,18-19,21-24,26H,5-13,15-17,20H2,1-4H3/t23?,24?,26-/m1/s1. The zero-order chi connectivity index (χ0) is 23.9. The summed E-state index contributed by atoms with van der Waals surface area (Å²) in [5.41, 5.74) is 0.629. The number of allylic oxidation sites excluding steroid dienone is 4. The van der Waals surface area contributed by atoms with Gasteiger partial charge >= 0.3 is 0 Å². The predicted molar refractivity (Wildman–Crippen MR) is 138 cm³/mol. The zero-order valence-electron chi connectivity index (χ0n) is 21.5. The number of unbranched alkanes of at least 4 members (excludes halogenated alkanes) is 5. The fourth-order valence-corrected chi connectivity index (χ4v) is 4.57. The van der Waals surface area contributed by atoms with Crippen LogP contribution in [0.25, 0.3) is 5.57 Å². The average Bonchev–Trinajstić information content (AvgIpc) is 2.84. The van der Waals surface area contributed by atoms with Crippen molar-refractivity contribution in [1.29, 1.82) is 0 Å². The van der Waals surface area contributed by atoms with Crippen molar-refractivity contribution in [3.63, 3.8) is 0 Å². The first kappa shape index (κ1) is 27.3. The third-order valence-corrected chi connectivity index (χ3v) is 6.92. The maximum atomic E-state index is 13.2. The van der Waals surface area contributed by atoms with Gasteiger partial charge in [-0.1, -0.05) is 97.6 Å². The highest BCUT2D eigenvalue weighted by molar-refractivity contribution is 6.22. The lowest BCUT2D eigenvalue weighted by Gasteiger charge is -2.25. The van der Waals surface area contributed by atoms with Crippen LogP contribution in [0, 0.1) is 17.8 Å². The number of ether oxygens (including phenoxy) is 1. The Bertz CT molecular complexity index is 738. The van der Waals surface area contributed by atoms with Gasteiger partial charge in [0.1, 0.15) is 0 Å². The van der Waals surface area contributed by atoms with Gasteiger partial charge in [-0.3, -0.25) is 4.79 Å². The van der Waals surface area contributed by atoms with Crippen molar-refractivity contribution in [1.82, 2.24) is 9.97 Å². The Labute approximate surface area is 202 Å². The Morgan fingerprint density at radius 2 is 1.64 bits per heavy atom. The smallest absolute Gasteiger partial charge is 0.173 e. The Kier molecular flexibility index (Phi) is 13.1. The highest BCUT2D eigenvalue weighted by atomic mass is 16.5. The lowest BCUT2D eigenvalue weighted by Crippen LogP contribution is -2.25. The van der Waals surface area contributed by atoms with Crippen LogP contribution in [0.2, 0.25) is 0 Å². The summed E-state index contributed by atoms with van der Waals surface area (Å²) in [5, 5.41) is 0. The van der Waals surface area contributed by atoms with Crippen molar-refractivity contribution in [3.05, 3.63) is 36.4 Å². The van der Waals surface area contributed by atoms with Crippen LogP contribution < -0.4 is 4.74 Å². The molecule has 1 aromatic heterocycles. The summed E-state index contributed by atoms with van der Waals surface area (Å²) in [6.45, 7) is 9.71. The second kappa shape index (κ2) is 15.8. The van der Waals surface area contributed by atoms with E-state index in [9.17, 15) is 4.79 Å². The Balaban J connectivity index is 1.79. The van der Waals surface area contributed by atoms with E-state index >= 15 is 0 Å². The molecule has 0 saturated heterocycles. The molecule has 0 bridgehead atoms. The molecule has 4 heteroatoms. The predicted octanol–water partition coefficient (Wildman–Crippen LogP) is 7.99. The molecular weight excluding hydrogens is 408 g/mol. The second-order valence-corrected chi connectivity index (χ2v) is 9.71. The maximum Gasteiger partial charge on any atom is 0.173 e. The summed E-state index contributed by atoms with van der Waals surface area (Å²) in [6, 6.07) is 0. The monoisotopic (exact) mass is 454 g/mol. The number of Topliss-reactive ketones (excluding diaryl/α,β-unsaturated/α-hetero) is 1. The van der Waals surface area contributed by atoms with Gasteiger partial charge in [-0.25, -0.2) is 9.97 Å². The number of hydrogen-bond donors (Lipinski definition) is 0. The first-order valence-electron chi connectivity index (χ1n) is 13.5. The van der Waals surface area contributed by atoms with Crippen molar-refractivity contribution in [2.24, 2.45) is 17.8 Å². The lowest BCUT2D eigenvalue weighted by molar-refractivity contribution is -0.117. The van der Waals surface area contributed by atoms with Crippen LogP contribution in [0.15, 0.2) is 30.6 Å². The number of aromatic nitrogens is 2. The molecule has 0 radical (unpaired) electrons. The summed E-state index contributed by atoms with van der Waals surface area (Å²) in [5.74, 6) is 2.55. The topological polar surface area (TPSA) is 52.1 Å².